The zero-order chi connectivity index (χ0) is 14.2. The molecule has 0 saturated carbocycles. The molecule has 0 radical (unpaired) electrons. The Morgan fingerprint density at radius 1 is 1.53 bits per heavy atom. The van der Waals surface area contributed by atoms with E-state index in [2.05, 4.69) is 15.9 Å². The molecule has 2 heterocycles. The number of hydrogen-bond acceptors (Lipinski definition) is 4. The molecule has 0 N–H and O–H groups in total. The first-order valence-electron chi connectivity index (χ1n) is 6.25. The van der Waals surface area contributed by atoms with E-state index in [1.807, 2.05) is 25.9 Å². The first-order valence-corrected chi connectivity index (χ1v) is 9.30. The highest BCUT2D eigenvalue weighted by atomic mass is 79.9. The van der Waals surface area contributed by atoms with E-state index in [9.17, 15) is 8.42 Å². The second-order valence-electron chi connectivity index (χ2n) is 5.20. The number of rotatable bonds is 4. The SMILES string of the molecule is Cc1cc(S(=O)(=O)N2CCCC2CN(C)C)sc1Br. The van der Waals surface area contributed by atoms with Crippen LogP contribution in [-0.4, -0.2) is 50.8 Å². The van der Waals surface area contributed by atoms with Gasteiger partial charge in [0.2, 0.25) is 0 Å². The average molecular weight is 367 g/mol. The molecule has 0 spiro atoms. The summed E-state index contributed by atoms with van der Waals surface area (Å²) in [6.45, 7) is 3.33. The Balaban J connectivity index is 2.28. The second-order valence-corrected chi connectivity index (χ2v) is 9.68. The molecule has 1 unspecified atom stereocenters. The summed E-state index contributed by atoms with van der Waals surface area (Å²) in [5.74, 6) is 0. The van der Waals surface area contributed by atoms with E-state index in [1.54, 1.807) is 10.4 Å². The van der Waals surface area contributed by atoms with E-state index >= 15 is 0 Å². The fourth-order valence-corrected chi connectivity index (χ4v) is 6.44. The lowest BCUT2D eigenvalue weighted by molar-refractivity contribution is 0.291. The maximum Gasteiger partial charge on any atom is 0.252 e. The Hall–Kier alpha value is 0.0500. The molecule has 1 aliphatic heterocycles. The van der Waals surface area contributed by atoms with Gasteiger partial charge < -0.3 is 4.90 Å². The second kappa shape index (κ2) is 5.81. The normalized spacial score (nSPS) is 21.4. The van der Waals surface area contributed by atoms with Crippen molar-refractivity contribution < 1.29 is 8.42 Å². The smallest absolute Gasteiger partial charge is 0.252 e. The predicted molar refractivity (Wildman–Crippen MR) is 82.2 cm³/mol. The summed E-state index contributed by atoms with van der Waals surface area (Å²) in [5, 5.41) is 0. The first-order chi connectivity index (χ1) is 8.82. The molecule has 1 atom stereocenters. The Morgan fingerprint density at radius 3 is 2.74 bits per heavy atom. The quantitative estimate of drug-likeness (QED) is 0.821. The fraction of sp³-hybridized carbons (Fsp3) is 0.667. The lowest BCUT2D eigenvalue weighted by atomic mass is 10.2. The first kappa shape index (κ1) is 15.4. The van der Waals surface area contributed by atoms with E-state index in [1.165, 1.54) is 11.3 Å². The van der Waals surface area contributed by atoms with Gasteiger partial charge >= 0.3 is 0 Å². The van der Waals surface area contributed by atoms with Gasteiger partial charge in [0.25, 0.3) is 10.0 Å². The number of hydrogen-bond donors (Lipinski definition) is 0. The summed E-state index contributed by atoms with van der Waals surface area (Å²) in [5.41, 5.74) is 0.979. The van der Waals surface area contributed by atoms with Gasteiger partial charge in [-0.05, 0) is 61.4 Å². The number of likely N-dealkylation sites (N-methyl/N-ethyl adjacent to an activating group) is 1. The highest BCUT2D eigenvalue weighted by molar-refractivity contribution is 9.11. The summed E-state index contributed by atoms with van der Waals surface area (Å²) in [4.78, 5) is 2.05. The third kappa shape index (κ3) is 3.21. The monoisotopic (exact) mass is 366 g/mol. The maximum atomic E-state index is 12.7. The van der Waals surface area contributed by atoms with Crippen LogP contribution in [0.4, 0.5) is 0 Å². The van der Waals surface area contributed by atoms with Crippen LogP contribution < -0.4 is 0 Å². The molecule has 4 nitrogen and oxygen atoms in total. The number of aryl methyl sites for hydroxylation is 1. The lowest BCUT2D eigenvalue weighted by Gasteiger charge is -2.25. The predicted octanol–water partition coefficient (Wildman–Crippen LogP) is 2.53. The van der Waals surface area contributed by atoms with Crippen LogP contribution in [-0.2, 0) is 10.0 Å². The summed E-state index contributed by atoms with van der Waals surface area (Å²) in [7, 11) is 0.622. The fourth-order valence-electron chi connectivity index (χ4n) is 2.40. The summed E-state index contributed by atoms with van der Waals surface area (Å²) in [6.07, 6.45) is 1.90. The molecule has 1 aromatic heterocycles. The van der Waals surface area contributed by atoms with Gasteiger partial charge in [-0.3, -0.25) is 0 Å². The van der Waals surface area contributed by atoms with Crippen molar-refractivity contribution in [1.29, 1.82) is 0 Å². The zero-order valence-corrected chi connectivity index (χ0v) is 14.6. The van der Waals surface area contributed by atoms with Crippen LogP contribution in [0, 0.1) is 6.92 Å². The van der Waals surface area contributed by atoms with Gasteiger partial charge in [0.1, 0.15) is 4.21 Å². The molecule has 2 rings (SSSR count). The Kier molecular flexibility index (Phi) is 4.72. The van der Waals surface area contributed by atoms with E-state index in [-0.39, 0.29) is 6.04 Å². The van der Waals surface area contributed by atoms with Crippen LogP contribution in [0.1, 0.15) is 18.4 Å². The van der Waals surface area contributed by atoms with Crippen LogP contribution in [0.3, 0.4) is 0 Å². The molecule has 1 saturated heterocycles. The molecule has 0 aliphatic carbocycles. The van der Waals surface area contributed by atoms with Gasteiger partial charge in [0.05, 0.1) is 3.79 Å². The molecule has 0 amide bonds. The molecule has 1 aliphatic rings. The molecular weight excluding hydrogens is 348 g/mol. The van der Waals surface area contributed by atoms with Gasteiger partial charge in [0, 0.05) is 19.1 Å². The van der Waals surface area contributed by atoms with Crippen molar-refractivity contribution in [2.24, 2.45) is 0 Å². The average Bonchev–Trinajstić information content (AvgIpc) is 2.87. The van der Waals surface area contributed by atoms with Crippen molar-refractivity contribution in [3.05, 3.63) is 15.4 Å². The van der Waals surface area contributed by atoms with Crippen molar-refractivity contribution in [3.63, 3.8) is 0 Å². The van der Waals surface area contributed by atoms with Crippen molar-refractivity contribution >= 4 is 37.3 Å². The highest BCUT2D eigenvalue weighted by Crippen LogP contribution is 2.34. The van der Waals surface area contributed by atoms with Crippen molar-refractivity contribution in [2.75, 3.05) is 27.2 Å². The molecule has 0 bridgehead atoms. The largest absolute Gasteiger partial charge is 0.308 e. The Labute approximate surface area is 127 Å². The molecule has 1 aromatic rings. The summed E-state index contributed by atoms with van der Waals surface area (Å²) < 4.78 is 28.4. The maximum absolute atomic E-state index is 12.7. The minimum absolute atomic E-state index is 0.0983. The molecule has 108 valence electrons. The topological polar surface area (TPSA) is 40.6 Å². The van der Waals surface area contributed by atoms with Crippen LogP contribution >= 0.6 is 27.3 Å². The van der Waals surface area contributed by atoms with E-state index in [0.717, 1.165) is 28.7 Å². The molecule has 19 heavy (non-hydrogen) atoms. The number of thiophene rings is 1. The molecule has 1 fully saturated rings. The van der Waals surface area contributed by atoms with Crippen molar-refractivity contribution in [3.8, 4) is 0 Å². The summed E-state index contributed by atoms with van der Waals surface area (Å²) >= 11 is 4.70. The Bertz CT molecular complexity index is 535. The number of sulfonamides is 1. The molecule has 7 heteroatoms. The Morgan fingerprint density at radius 2 is 2.21 bits per heavy atom. The lowest BCUT2D eigenvalue weighted by Crippen LogP contribution is -2.40. The number of nitrogens with zero attached hydrogens (tertiary/aromatic N) is 2. The van der Waals surface area contributed by atoms with Crippen LogP contribution in [0.25, 0.3) is 0 Å². The summed E-state index contributed by atoms with van der Waals surface area (Å²) in [6, 6.07) is 1.86. The van der Waals surface area contributed by atoms with Crippen LogP contribution in [0.2, 0.25) is 0 Å². The van der Waals surface area contributed by atoms with Crippen molar-refractivity contribution in [1.82, 2.24) is 9.21 Å². The van der Waals surface area contributed by atoms with Gasteiger partial charge in [-0.25, -0.2) is 8.42 Å². The van der Waals surface area contributed by atoms with E-state index in [0.29, 0.717) is 10.8 Å². The van der Waals surface area contributed by atoms with Gasteiger partial charge in [-0.2, -0.15) is 4.31 Å². The standard InChI is InChI=1S/C12H19BrN2O2S2/c1-9-7-11(18-12(9)13)19(16,17)15-6-4-5-10(15)8-14(2)3/h7,10H,4-6,8H2,1-3H3. The van der Waals surface area contributed by atoms with Gasteiger partial charge in [-0.1, -0.05) is 0 Å². The highest BCUT2D eigenvalue weighted by Gasteiger charge is 2.36. The van der Waals surface area contributed by atoms with E-state index in [4.69, 9.17) is 0 Å². The van der Waals surface area contributed by atoms with Crippen LogP contribution in [0.15, 0.2) is 14.1 Å². The zero-order valence-electron chi connectivity index (χ0n) is 11.4. The third-order valence-electron chi connectivity index (χ3n) is 3.30. The third-order valence-corrected chi connectivity index (χ3v) is 7.83. The van der Waals surface area contributed by atoms with Gasteiger partial charge in [0.15, 0.2) is 0 Å². The van der Waals surface area contributed by atoms with Crippen LogP contribution in [0.5, 0.6) is 0 Å². The van der Waals surface area contributed by atoms with E-state index < -0.39 is 10.0 Å². The van der Waals surface area contributed by atoms with Crippen molar-refractivity contribution in [2.45, 2.75) is 30.0 Å². The molecular formula is C12H19BrN2O2S2. The molecule has 0 aromatic carbocycles. The van der Waals surface area contributed by atoms with Gasteiger partial charge in [-0.15, -0.1) is 11.3 Å². The minimum Gasteiger partial charge on any atom is -0.308 e. The minimum atomic E-state index is -3.34. The number of halogens is 1.